The van der Waals surface area contributed by atoms with Crippen molar-refractivity contribution in [3.05, 3.63) is 22.7 Å². The number of hydrogen-bond donors (Lipinski definition) is 1. The second kappa shape index (κ2) is 6.52. The molecule has 1 aliphatic heterocycles. The van der Waals surface area contributed by atoms with Crippen LogP contribution in [0.15, 0.2) is 17.0 Å². The molecule has 1 aromatic carbocycles. The minimum absolute atomic E-state index is 0.152. The smallest absolute Gasteiger partial charge is 0.242 e. The summed E-state index contributed by atoms with van der Waals surface area (Å²) in [6, 6.07) is 2.94. The van der Waals surface area contributed by atoms with Crippen LogP contribution < -0.4 is 5.73 Å². The first-order valence-corrected chi connectivity index (χ1v) is 8.88. The number of likely N-dealkylation sites (tertiary alicyclic amines) is 1. The highest BCUT2D eigenvalue weighted by atomic mass is 35.5. The normalized spacial score (nSPS) is 16.8. The summed E-state index contributed by atoms with van der Waals surface area (Å²) in [6.07, 6.45) is 2.39. The lowest BCUT2D eigenvalue weighted by atomic mass is 10.2. The number of nitrogens with two attached hydrogens (primary N) is 1. The molecule has 0 bridgehead atoms. The Balaban J connectivity index is 2.12. The van der Waals surface area contributed by atoms with Crippen molar-refractivity contribution in [2.45, 2.75) is 24.7 Å². The number of nitrogens with zero attached hydrogens (tertiary/aromatic N) is 2. The van der Waals surface area contributed by atoms with Crippen LogP contribution in [0.2, 0.25) is 5.02 Å². The van der Waals surface area contributed by atoms with Gasteiger partial charge in [-0.1, -0.05) is 11.6 Å². The minimum Gasteiger partial charge on any atom is -0.398 e. The molecular formula is C14H22ClN3O2S. The number of sulfonamides is 1. The zero-order chi connectivity index (χ0) is 15.6. The summed E-state index contributed by atoms with van der Waals surface area (Å²) in [5, 5.41) is 0.376. The van der Waals surface area contributed by atoms with Crippen molar-refractivity contribution in [3.8, 4) is 0 Å². The van der Waals surface area contributed by atoms with Gasteiger partial charge >= 0.3 is 0 Å². The summed E-state index contributed by atoms with van der Waals surface area (Å²) in [7, 11) is -1.96. The van der Waals surface area contributed by atoms with E-state index in [1.165, 1.54) is 29.3 Å². The topological polar surface area (TPSA) is 66.6 Å². The van der Waals surface area contributed by atoms with Crippen molar-refractivity contribution < 1.29 is 8.42 Å². The summed E-state index contributed by atoms with van der Waals surface area (Å²) in [4.78, 5) is 2.43. The molecule has 0 unspecified atom stereocenters. The molecule has 0 amide bonds. The van der Waals surface area contributed by atoms with E-state index < -0.39 is 10.0 Å². The minimum atomic E-state index is -3.55. The Hall–Kier alpha value is -0.820. The monoisotopic (exact) mass is 331 g/mol. The summed E-state index contributed by atoms with van der Waals surface area (Å²) < 4.78 is 26.5. The van der Waals surface area contributed by atoms with Crippen molar-refractivity contribution in [1.29, 1.82) is 0 Å². The molecule has 1 heterocycles. The SMILES string of the molecule is Cc1c(N)cc(S(=O)(=O)N(C)CCN2CCCC2)cc1Cl. The molecule has 2 N–H and O–H groups in total. The fourth-order valence-electron chi connectivity index (χ4n) is 2.41. The largest absolute Gasteiger partial charge is 0.398 e. The van der Waals surface area contributed by atoms with Crippen molar-refractivity contribution in [2.24, 2.45) is 0 Å². The van der Waals surface area contributed by atoms with Crippen LogP contribution in [-0.2, 0) is 10.0 Å². The first kappa shape index (κ1) is 16.5. The number of halogens is 1. The van der Waals surface area contributed by atoms with Gasteiger partial charge in [-0.15, -0.1) is 0 Å². The maximum atomic E-state index is 12.5. The lowest BCUT2D eigenvalue weighted by Gasteiger charge is -2.21. The number of likely N-dealkylation sites (N-methyl/N-ethyl adjacent to an activating group) is 1. The van der Waals surface area contributed by atoms with E-state index in [0.717, 1.165) is 19.6 Å². The van der Waals surface area contributed by atoms with Crippen molar-refractivity contribution in [3.63, 3.8) is 0 Å². The summed E-state index contributed by atoms with van der Waals surface area (Å²) >= 11 is 6.04. The zero-order valence-corrected chi connectivity index (χ0v) is 14.0. The first-order chi connectivity index (χ1) is 9.82. The van der Waals surface area contributed by atoms with E-state index >= 15 is 0 Å². The number of hydrogen-bond acceptors (Lipinski definition) is 4. The van der Waals surface area contributed by atoms with Crippen LogP contribution in [0.5, 0.6) is 0 Å². The van der Waals surface area contributed by atoms with Crippen molar-refractivity contribution in [1.82, 2.24) is 9.21 Å². The molecule has 2 rings (SSSR count). The van der Waals surface area contributed by atoms with E-state index in [1.807, 2.05) is 0 Å². The second-order valence-electron chi connectivity index (χ2n) is 5.49. The molecule has 1 aromatic rings. The van der Waals surface area contributed by atoms with Gasteiger partial charge in [0.2, 0.25) is 10.0 Å². The van der Waals surface area contributed by atoms with Gasteiger partial charge in [-0.2, -0.15) is 4.31 Å². The molecular weight excluding hydrogens is 310 g/mol. The van der Waals surface area contributed by atoms with E-state index in [4.69, 9.17) is 17.3 Å². The van der Waals surface area contributed by atoms with Gasteiger partial charge in [-0.05, 0) is 50.6 Å². The van der Waals surface area contributed by atoms with Gasteiger partial charge in [0.1, 0.15) is 0 Å². The quantitative estimate of drug-likeness (QED) is 0.837. The van der Waals surface area contributed by atoms with E-state index in [0.29, 0.717) is 22.8 Å². The number of benzene rings is 1. The van der Waals surface area contributed by atoms with Gasteiger partial charge in [0.25, 0.3) is 0 Å². The third-order valence-electron chi connectivity index (χ3n) is 4.00. The summed E-state index contributed by atoms with van der Waals surface area (Å²) in [5.74, 6) is 0. The average Bonchev–Trinajstić information content (AvgIpc) is 2.94. The molecule has 118 valence electrons. The highest BCUT2D eigenvalue weighted by Gasteiger charge is 2.23. The maximum Gasteiger partial charge on any atom is 0.242 e. The standard InChI is InChI=1S/C14H22ClN3O2S/c1-11-13(15)9-12(10-14(11)16)21(19,20)17(2)7-8-18-5-3-4-6-18/h9-10H,3-8,16H2,1-2H3. The van der Waals surface area contributed by atoms with Gasteiger partial charge in [0.05, 0.1) is 4.90 Å². The van der Waals surface area contributed by atoms with Crippen LogP contribution in [-0.4, -0.2) is 50.8 Å². The van der Waals surface area contributed by atoms with E-state index in [2.05, 4.69) is 4.90 Å². The number of nitrogen functional groups attached to an aromatic ring is 1. The Morgan fingerprint density at radius 3 is 2.52 bits per heavy atom. The fraction of sp³-hybridized carbons (Fsp3) is 0.571. The fourth-order valence-corrected chi connectivity index (χ4v) is 3.93. The molecule has 0 radical (unpaired) electrons. The highest BCUT2D eigenvalue weighted by molar-refractivity contribution is 7.89. The predicted octanol–water partition coefficient (Wildman–Crippen LogP) is 1.95. The Labute approximate surface area is 131 Å². The molecule has 21 heavy (non-hydrogen) atoms. The van der Waals surface area contributed by atoms with Crippen molar-refractivity contribution in [2.75, 3.05) is 39.0 Å². The van der Waals surface area contributed by atoms with E-state index in [9.17, 15) is 8.42 Å². The van der Waals surface area contributed by atoms with Gasteiger partial charge in [-0.3, -0.25) is 0 Å². The molecule has 1 aliphatic rings. The van der Waals surface area contributed by atoms with Gasteiger partial charge < -0.3 is 10.6 Å². The van der Waals surface area contributed by atoms with Crippen LogP contribution in [0.3, 0.4) is 0 Å². The average molecular weight is 332 g/mol. The molecule has 7 heteroatoms. The van der Waals surface area contributed by atoms with Crippen molar-refractivity contribution >= 4 is 27.3 Å². The lowest BCUT2D eigenvalue weighted by molar-refractivity contribution is 0.310. The second-order valence-corrected chi connectivity index (χ2v) is 7.95. The molecule has 0 aliphatic carbocycles. The zero-order valence-electron chi connectivity index (χ0n) is 12.5. The molecule has 0 saturated carbocycles. The Morgan fingerprint density at radius 1 is 1.33 bits per heavy atom. The van der Waals surface area contributed by atoms with Crippen LogP contribution in [0.25, 0.3) is 0 Å². The lowest BCUT2D eigenvalue weighted by Crippen LogP contribution is -2.35. The van der Waals surface area contributed by atoms with Gasteiger partial charge in [0, 0.05) is 30.8 Å². The van der Waals surface area contributed by atoms with Crippen LogP contribution in [0, 0.1) is 6.92 Å². The van der Waals surface area contributed by atoms with Crippen LogP contribution in [0.1, 0.15) is 18.4 Å². The summed E-state index contributed by atoms with van der Waals surface area (Å²) in [5.41, 5.74) is 6.92. The molecule has 0 spiro atoms. The Morgan fingerprint density at radius 2 is 1.95 bits per heavy atom. The van der Waals surface area contributed by atoms with Gasteiger partial charge in [0.15, 0.2) is 0 Å². The molecule has 0 atom stereocenters. The maximum absolute atomic E-state index is 12.5. The third kappa shape index (κ3) is 3.69. The summed E-state index contributed by atoms with van der Waals surface area (Å²) in [6.45, 7) is 5.10. The highest BCUT2D eigenvalue weighted by Crippen LogP contribution is 2.27. The van der Waals surface area contributed by atoms with E-state index in [-0.39, 0.29) is 4.90 Å². The Kier molecular flexibility index (Phi) is 5.14. The molecule has 1 fully saturated rings. The third-order valence-corrected chi connectivity index (χ3v) is 6.22. The molecule has 0 aromatic heterocycles. The Bertz CT molecular complexity index is 590. The molecule has 1 saturated heterocycles. The number of anilines is 1. The van der Waals surface area contributed by atoms with Crippen LogP contribution >= 0.6 is 11.6 Å². The van der Waals surface area contributed by atoms with E-state index in [1.54, 1.807) is 14.0 Å². The molecule has 5 nitrogen and oxygen atoms in total. The first-order valence-electron chi connectivity index (χ1n) is 7.06. The number of rotatable bonds is 5. The van der Waals surface area contributed by atoms with Crippen LogP contribution in [0.4, 0.5) is 5.69 Å². The predicted molar refractivity (Wildman–Crippen MR) is 86.1 cm³/mol. The van der Waals surface area contributed by atoms with Gasteiger partial charge in [-0.25, -0.2) is 8.42 Å².